The van der Waals surface area contributed by atoms with Crippen LogP contribution in [0.4, 0.5) is 5.69 Å². The monoisotopic (exact) mass is 311 g/mol. The van der Waals surface area contributed by atoms with E-state index in [-0.39, 0.29) is 18.2 Å². The molecule has 0 spiro atoms. The third-order valence-corrected chi connectivity index (χ3v) is 3.69. The van der Waals surface area contributed by atoms with Crippen molar-refractivity contribution in [2.24, 2.45) is 11.0 Å². The zero-order valence-electron chi connectivity index (χ0n) is 12.7. The number of nitrogens with zero attached hydrogens (tertiary/aromatic N) is 2. The summed E-state index contributed by atoms with van der Waals surface area (Å²) >= 11 is 0. The number of benzene rings is 1. The number of amides is 2. The van der Waals surface area contributed by atoms with Gasteiger partial charge in [-0.2, -0.15) is 5.10 Å². The highest BCUT2D eigenvalue weighted by Gasteiger charge is 2.34. The molecule has 1 aromatic heterocycles. The van der Waals surface area contributed by atoms with E-state index in [1.165, 1.54) is 6.21 Å². The predicted molar refractivity (Wildman–Crippen MR) is 86.1 cm³/mol. The van der Waals surface area contributed by atoms with Crippen molar-refractivity contribution in [3.05, 3.63) is 54.0 Å². The highest BCUT2D eigenvalue weighted by molar-refractivity contribution is 6.00. The molecule has 6 heteroatoms. The van der Waals surface area contributed by atoms with Gasteiger partial charge in [0.15, 0.2) is 0 Å². The summed E-state index contributed by atoms with van der Waals surface area (Å²) in [6, 6.07) is 12.9. The summed E-state index contributed by atoms with van der Waals surface area (Å²) in [4.78, 5) is 25.8. The molecule has 0 radical (unpaired) electrons. The molecule has 3 rings (SSSR count). The Labute approximate surface area is 133 Å². The lowest BCUT2D eigenvalue weighted by atomic mass is 10.1. The number of aryl methyl sites for hydroxylation is 1. The summed E-state index contributed by atoms with van der Waals surface area (Å²) in [5, 5.41) is 3.87. The molecular weight excluding hydrogens is 294 g/mol. The quantitative estimate of drug-likeness (QED) is 0.694. The molecule has 1 atom stereocenters. The maximum atomic E-state index is 12.1. The largest absolute Gasteiger partial charge is 0.460 e. The van der Waals surface area contributed by atoms with Gasteiger partial charge in [-0.15, -0.1) is 0 Å². The first-order valence-corrected chi connectivity index (χ1v) is 7.38. The maximum absolute atomic E-state index is 12.1. The summed E-state index contributed by atoms with van der Waals surface area (Å²) in [5.41, 5.74) is 3.27. The van der Waals surface area contributed by atoms with Crippen LogP contribution in [-0.2, 0) is 9.59 Å². The van der Waals surface area contributed by atoms with E-state index in [9.17, 15) is 9.59 Å². The van der Waals surface area contributed by atoms with Gasteiger partial charge >= 0.3 is 0 Å². The molecule has 2 heterocycles. The van der Waals surface area contributed by atoms with Crippen molar-refractivity contribution in [3.8, 4) is 0 Å². The smallest absolute Gasteiger partial charge is 0.245 e. The number of hydrogen-bond donors (Lipinski definition) is 1. The fourth-order valence-electron chi connectivity index (χ4n) is 2.51. The Kier molecular flexibility index (Phi) is 4.23. The van der Waals surface area contributed by atoms with Crippen molar-refractivity contribution in [1.82, 2.24) is 5.43 Å². The molecule has 1 aliphatic heterocycles. The SMILES string of the molecule is Cc1ccc(/C=N/NC(=O)C2CC(=O)N(c3ccccc3)C2)o1. The van der Waals surface area contributed by atoms with Crippen LogP contribution in [-0.4, -0.2) is 24.6 Å². The number of para-hydroxylation sites is 1. The van der Waals surface area contributed by atoms with E-state index < -0.39 is 5.92 Å². The molecule has 0 aliphatic carbocycles. The Morgan fingerprint density at radius 3 is 2.78 bits per heavy atom. The molecule has 1 fully saturated rings. The van der Waals surface area contributed by atoms with E-state index in [1.54, 1.807) is 11.0 Å². The number of carbonyl (C=O) groups is 2. The summed E-state index contributed by atoms with van der Waals surface area (Å²) in [6.07, 6.45) is 1.63. The molecule has 1 N–H and O–H groups in total. The molecule has 1 aliphatic rings. The van der Waals surface area contributed by atoms with Crippen LogP contribution in [0, 0.1) is 12.8 Å². The Bertz CT molecular complexity index is 737. The van der Waals surface area contributed by atoms with Crippen LogP contribution in [0.25, 0.3) is 0 Å². The van der Waals surface area contributed by atoms with Gasteiger partial charge in [0, 0.05) is 18.7 Å². The molecule has 118 valence electrons. The molecule has 23 heavy (non-hydrogen) atoms. The lowest BCUT2D eigenvalue weighted by molar-refractivity contribution is -0.126. The van der Waals surface area contributed by atoms with Crippen LogP contribution in [0.15, 0.2) is 52.0 Å². The Hall–Kier alpha value is -2.89. The van der Waals surface area contributed by atoms with E-state index in [0.717, 1.165) is 11.4 Å². The van der Waals surface area contributed by atoms with E-state index in [1.807, 2.05) is 43.3 Å². The zero-order valence-corrected chi connectivity index (χ0v) is 12.7. The van der Waals surface area contributed by atoms with E-state index in [0.29, 0.717) is 12.3 Å². The molecule has 0 bridgehead atoms. The second-order valence-corrected chi connectivity index (χ2v) is 5.42. The van der Waals surface area contributed by atoms with Gasteiger partial charge < -0.3 is 9.32 Å². The van der Waals surface area contributed by atoms with Crippen LogP contribution >= 0.6 is 0 Å². The zero-order chi connectivity index (χ0) is 16.2. The second-order valence-electron chi connectivity index (χ2n) is 5.42. The molecule has 1 unspecified atom stereocenters. The Balaban J connectivity index is 1.58. The minimum absolute atomic E-state index is 0.0537. The predicted octanol–water partition coefficient (Wildman–Crippen LogP) is 2.09. The molecule has 1 aromatic carbocycles. The molecule has 0 saturated carbocycles. The second kappa shape index (κ2) is 6.48. The molecule has 1 saturated heterocycles. The Morgan fingerprint density at radius 1 is 1.30 bits per heavy atom. The van der Waals surface area contributed by atoms with E-state index >= 15 is 0 Å². The normalized spacial score (nSPS) is 17.9. The first kappa shape index (κ1) is 15.0. The van der Waals surface area contributed by atoms with E-state index in [2.05, 4.69) is 10.5 Å². The minimum atomic E-state index is -0.404. The molecule has 2 amide bonds. The summed E-state index contributed by atoms with van der Waals surface area (Å²) in [6.45, 7) is 2.20. The highest BCUT2D eigenvalue weighted by Crippen LogP contribution is 2.24. The van der Waals surface area contributed by atoms with Crippen LogP contribution in [0.2, 0.25) is 0 Å². The van der Waals surface area contributed by atoms with E-state index in [4.69, 9.17) is 4.42 Å². The van der Waals surface area contributed by atoms with Crippen molar-refractivity contribution in [1.29, 1.82) is 0 Å². The van der Waals surface area contributed by atoms with Crippen molar-refractivity contribution >= 4 is 23.7 Å². The van der Waals surface area contributed by atoms with Crippen molar-refractivity contribution in [2.45, 2.75) is 13.3 Å². The highest BCUT2D eigenvalue weighted by atomic mass is 16.3. The number of furan rings is 1. The van der Waals surface area contributed by atoms with Gasteiger partial charge in [0.05, 0.1) is 12.1 Å². The number of rotatable bonds is 4. The van der Waals surface area contributed by atoms with Crippen LogP contribution < -0.4 is 10.3 Å². The van der Waals surface area contributed by atoms with Crippen molar-refractivity contribution < 1.29 is 14.0 Å². The standard InChI is InChI=1S/C17H17N3O3/c1-12-7-8-15(23-12)10-18-19-17(22)13-9-16(21)20(11-13)14-5-3-2-4-6-14/h2-8,10,13H,9,11H2,1H3,(H,19,22)/b18-10+. The maximum Gasteiger partial charge on any atom is 0.245 e. The average Bonchev–Trinajstić information content (AvgIpc) is 3.14. The third kappa shape index (κ3) is 3.48. The van der Waals surface area contributed by atoms with Crippen LogP contribution in [0.1, 0.15) is 17.9 Å². The first-order valence-electron chi connectivity index (χ1n) is 7.38. The number of hydrazone groups is 1. The number of carbonyl (C=O) groups excluding carboxylic acids is 2. The Morgan fingerprint density at radius 2 is 2.09 bits per heavy atom. The van der Waals surface area contributed by atoms with Gasteiger partial charge in [-0.05, 0) is 31.2 Å². The van der Waals surface area contributed by atoms with Gasteiger partial charge in [-0.3, -0.25) is 9.59 Å². The first-order chi connectivity index (χ1) is 11.1. The lowest BCUT2D eigenvalue weighted by Crippen LogP contribution is -2.30. The lowest BCUT2D eigenvalue weighted by Gasteiger charge is -2.16. The van der Waals surface area contributed by atoms with Crippen molar-refractivity contribution in [3.63, 3.8) is 0 Å². The molecule has 2 aromatic rings. The molecular formula is C17H17N3O3. The number of nitrogens with one attached hydrogen (secondary N) is 1. The number of hydrogen-bond acceptors (Lipinski definition) is 4. The third-order valence-electron chi connectivity index (χ3n) is 3.69. The van der Waals surface area contributed by atoms with Gasteiger partial charge in [0.25, 0.3) is 0 Å². The topological polar surface area (TPSA) is 74.9 Å². The van der Waals surface area contributed by atoms with Gasteiger partial charge in [-0.25, -0.2) is 5.43 Å². The van der Waals surface area contributed by atoms with Gasteiger partial charge in [0.1, 0.15) is 11.5 Å². The van der Waals surface area contributed by atoms with Crippen LogP contribution in [0.5, 0.6) is 0 Å². The molecule has 6 nitrogen and oxygen atoms in total. The fraction of sp³-hybridized carbons (Fsp3) is 0.235. The minimum Gasteiger partial charge on any atom is -0.460 e. The fourth-order valence-corrected chi connectivity index (χ4v) is 2.51. The van der Waals surface area contributed by atoms with Gasteiger partial charge in [-0.1, -0.05) is 18.2 Å². The van der Waals surface area contributed by atoms with Crippen LogP contribution in [0.3, 0.4) is 0 Å². The summed E-state index contributed by atoms with van der Waals surface area (Å²) < 4.78 is 5.32. The average molecular weight is 311 g/mol. The van der Waals surface area contributed by atoms with Crippen molar-refractivity contribution in [2.75, 3.05) is 11.4 Å². The summed E-state index contributed by atoms with van der Waals surface area (Å²) in [5.74, 6) is 0.616. The van der Waals surface area contributed by atoms with Gasteiger partial charge in [0.2, 0.25) is 11.8 Å². The number of anilines is 1. The summed E-state index contributed by atoms with van der Waals surface area (Å²) in [7, 11) is 0.